The van der Waals surface area contributed by atoms with E-state index in [1.54, 1.807) is 20.8 Å². The van der Waals surface area contributed by atoms with Gasteiger partial charge in [-0.3, -0.25) is 4.79 Å². The summed E-state index contributed by atoms with van der Waals surface area (Å²) in [4.78, 5) is 11.9. The summed E-state index contributed by atoms with van der Waals surface area (Å²) in [5.74, 6) is -1.61. The molecule has 2 unspecified atom stereocenters. The Balaban J connectivity index is 3.26. The third-order valence-corrected chi connectivity index (χ3v) is 1.78. The third-order valence-electron chi connectivity index (χ3n) is 1.78. The van der Waals surface area contributed by atoms with Crippen molar-refractivity contribution >= 4 is 5.91 Å². The zero-order valence-electron chi connectivity index (χ0n) is 11.7. The van der Waals surface area contributed by atoms with Crippen LogP contribution in [0, 0.1) is 11.3 Å². The Kier molecular flexibility index (Phi) is 1.23. The molecular weight excluding hydrogens is 150 g/mol. The van der Waals surface area contributed by atoms with E-state index in [9.17, 15) is 4.79 Å². The minimum absolute atomic E-state index is 0.101. The second kappa shape index (κ2) is 2.92. The first-order chi connectivity index (χ1) is 7.01. The van der Waals surface area contributed by atoms with Crippen LogP contribution in [0.15, 0.2) is 12.3 Å². The summed E-state index contributed by atoms with van der Waals surface area (Å²) in [6.45, 7) is 8.64. The van der Waals surface area contributed by atoms with Crippen molar-refractivity contribution < 1.29 is 10.3 Å². The van der Waals surface area contributed by atoms with E-state index in [1.807, 2.05) is 0 Å². The highest BCUT2D eigenvalue weighted by Gasteiger charge is 2.33. The Morgan fingerprint density at radius 1 is 1.75 bits per heavy atom. The van der Waals surface area contributed by atoms with Gasteiger partial charge in [0.2, 0.25) is 5.91 Å². The predicted octanol–water partition coefficient (Wildman–Crippen LogP) is 2.07. The molecule has 0 aromatic rings. The van der Waals surface area contributed by atoms with Crippen molar-refractivity contribution in [1.82, 2.24) is 5.31 Å². The molecule has 0 spiro atoms. The summed E-state index contributed by atoms with van der Waals surface area (Å²) in [5.41, 5.74) is -0.727. The monoisotopic (exact) mass is 171 g/mol. The highest BCUT2D eigenvalue weighted by atomic mass is 16.2. The van der Waals surface area contributed by atoms with Gasteiger partial charge in [-0.25, -0.2) is 0 Å². The van der Waals surface area contributed by atoms with Crippen molar-refractivity contribution in [3.63, 3.8) is 0 Å². The smallest absolute Gasteiger partial charge is 0.227 e. The van der Waals surface area contributed by atoms with E-state index < -0.39 is 30.0 Å². The lowest BCUT2D eigenvalue weighted by molar-refractivity contribution is -0.129. The van der Waals surface area contributed by atoms with Crippen molar-refractivity contribution in [3.8, 4) is 0 Å². The molecule has 0 aliphatic carbocycles. The second-order valence-electron chi connectivity index (χ2n) is 4.05. The molecule has 0 aromatic heterocycles. The van der Waals surface area contributed by atoms with Gasteiger partial charge >= 0.3 is 0 Å². The first-order valence-electron chi connectivity index (χ1n) is 5.97. The van der Waals surface area contributed by atoms with Crippen LogP contribution >= 0.6 is 0 Å². The van der Waals surface area contributed by atoms with Gasteiger partial charge in [0.25, 0.3) is 0 Å². The lowest BCUT2D eigenvalue weighted by Crippen LogP contribution is -2.41. The van der Waals surface area contributed by atoms with Gasteiger partial charge in [-0.15, -0.1) is 0 Å². The molecule has 2 atom stereocenters. The van der Waals surface area contributed by atoms with E-state index >= 15 is 0 Å². The topological polar surface area (TPSA) is 29.1 Å². The lowest BCUT2D eigenvalue weighted by atomic mass is 9.76. The fourth-order valence-corrected chi connectivity index (χ4v) is 1.11. The van der Waals surface area contributed by atoms with Gasteiger partial charge in [-0.2, -0.15) is 0 Å². The van der Waals surface area contributed by atoms with Crippen molar-refractivity contribution in [2.75, 3.05) is 0 Å². The van der Waals surface area contributed by atoms with Crippen LogP contribution in [0.2, 0.25) is 1.41 Å². The van der Waals surface area contributed by atoms with Gasteiger partial charge < -0.3 is 5.31 Å². The summed E-state index contributed by atoms with van der Waals surface area (Å²) in [7, 11) is 0. The van der Waals surface area contributed by atoms with Crippen LogP contribution in [-0.2, 0) is 4.79 Å². The normalized spacial score (nSPS) is 41.4. The average molecular weight is 171 g/mol. The molecule has 2 nitrogen and oxygen atoms in total. The van der Waals surface area contributed by atoms with Gasteiger partial charge in [-0.1, -0.05) is 27.4 Å². The summed E-state index contributed by atoms with van der Waals surface area (Å²) in [5, 5.41) is 0.564. The number of rotatable bonds is 0. The number of nitrogens with one attached hydrogen (secondary N) is 1. The molecule has 0 aromatic carbocycles. The number of carbonyl (C=O) groups is 1. The predicted molar refractivity (Wildman–Crippen MR) is 49.5 cm³/mol. The summed E-state index contributed by atoms with van der Waals surface area (Å²) < 4.78 is 31.0. The van der Waals surface area contributed by atoms with Crippen LogP contribution in [0.25, 0.3) is 0 Å². The molecule has 1 fully saturated rings. The van der Waals surface area contributed by atoms with E-state index in [4.69, 9.17) is 5.52 Å². The van der Waals surface area contributed by atoms with Crippen LogP contribution in [0.1, 0.15) is 37.7 Å². The van der Waals surface area contributed by atoms with Gasteiger partial charge in [0.05, 0.1) is 0 Å². The maximum atomic E-state index is 11.9. The lowest BCUT2D eigenvalue weighted by Gasteiger charge is -2.33. The van der Waals surface area contributed by atoms with Crippen molar-refractivity contribution in [1.29, 1.82) is 0 Å². The molecule has 1 aliphatic heterocycles. The molecule has 68 valence electrons. The molecule has 2 heteroatoms. The minimum atomic E-state index is -1.98. The van der Waals surface area contributed by atoms with E-state index in [0.29, 0.717) is 5.31 Å². The summed E-state index contributed by atoms with van der Waals surface area (Å²) in [6.07, 6.45) is -3.25. The van der Waals surface area contributed by atoms with E-state index in [0.717, 1.165) is 0 Å². The number of hydrogen-bond donors (Lipinski definition) is 1. The molecule has 1 amide bonds. The average Bonchev–Trinajstić information content (AvgIpc) is 2.09. The van der Waals surface area contributed by atoms with Crippen molar-refractivity contribution in [3.05, 3.63) is 12.3 Å². The van der Waals surface area contributed by atoms with E-state index in [1.165, 1.54) is 0 Å². The first-order valence-corrected chi connectivity index (χ1v) is 3.95. The summed E-state index contributed by atoms with van der Waals surface area (Å²) >= 11 is 0. The molecule has 0 bridgehead atoms. The van der Waals surface area contributed by atoms with E-state index in [-0.39, 0.29) is 5.70 Å². The van der Waals surface area contributed by atoms with Gasteiger partial charge in [0.1, 0.15) is 0 Å². The Morgan fingerprint density at radius 2 is 2.33 bits per heavy atom. The standard InChI is InChI=1S/C10H17NO/c1-7-5-6-8(9(12)11-7)10(2,3)4/h8H,1,5-6H2,2-4H3,(H,11,12)/i5D,6D2/hD. The number of piperidine rings is 1. The maximum absolute atomic E-state index is 11.9. The van der Waals surface area contributed by atoms with Gasteiger partial charge in [-0.05, 0) is 18.2 Å². The van der Waals surface area contributed by atoms with Crippen LogP contribution in [0.3, 0.4) is 0 Å². The Morgan fingerprint density at radius 3 is 2.83 bits per heavy atom. The van der Waals surface area contributed by atoms with Gasteiger partial charge in [0, 0.05) is 15.7 Å². The van der Waals surface area contributed by atoms with Gasteiger partial charge in [0.15, 0.2) is 1.41 Å². The fourth-order valence-electron chi connectivity index (χ4n) is 1.11. The Labute approximate surface area is 79.7 Å². The van der Waals surface area contributed by atoms with Crippen molar-refractivity contribution in [2.45, 2.75) is 33.5 Å². The highest BCUT2D eigenvalue weighted by Crippen LogP contribution is 2.33. The fraction of sp³-hybridized carbons (Fsp3) is 0.700. The molecule has 1 N–H and O–H groups in total. The summed E-state index contributed by atoms with van der Waals surface area (Å²) in [6, 6.07) is 0. The van der Waals surface area contributed by atoms with Crippen molar-refractivity contribution in [2.24, 2.45) is 11.3 Å². The number of carbonyl (C=O) groups excluding carboxylic acids is 1. The molecular formula is C10H17NO. The molecule has 1 rings (SSSR count). The largest absolute Gasteiger partial charge is 0.330 e. The maximum Gasteiger partial charge on any atom is 0.227 e. The third kappa shape index (κ3) is 1.87. The molecule has 1 aliphatic rings. The Bertz CT molecular complexity index is 334. The zero-order valence-corrected chi connectivity index (χ0v) is 7.72. The minimum Gasteiger partial charge on any atom is -0.330 e. The van der Waals surface area contributed by atoms with Crippen LogP contribution in [0.5, 0.6) is 0 Å². The SMILES string of the molecule is [2H]C1C(=C)N([2H])C(=O)C(C(C)(C)C)C1([2H])[2H]. The molecule has 0 saturated carbocycles. The molecule has 0 radical (unpaired) electrons. The molecule has 12 heavy (non-hydrogen) atoms. The first kappa shape index (κ1) is 5.05. The molecule has 1 saturated heterocycles. The van der Waals surface area contributed by atoms with Crippen LogP contribution in [-0.4, -0.2) is 5.91 Å². The van der Waals surface area contributed by atoms with E-state index in [2.05, 4.69) is 6.58 Å². The Hall–Kier alpha value is -0.790. The number of allylic oxidation sites excluding steroid dienone is 1. The zero-order chi connectivity index (χ0) is 12.9. The van der Waals surface area contributed by atoms with Crippen LogP contribution < -0.4 is 5.31 Å². The number of hydrogen-bond acceptors (Lipinski definition) is 1. The highest BCUT2D eigenvalue weighted by molar-refractivity contribution is 5.82. The van der Waals surface area contributed by atoms with Crippen LogP contribution in [0.4, 0.5) is 0 Å². The quantitative estimate of drug-likeness (QED) is 0.594. The second-order valence-corrected chi connectivity index (χ2v) is 4.05. The number of amides is 1. The molecule has 1 heterocycles.